The number of hydroxylamine groups is 2. The molecule has 1 aliphatic rings. The van der Waals surface area contributed by atoms with Crippen molar-refractivity contribution < 1.29 is 13.3 Å². The minimum Gasteiger partial charge on any atom is -0.409 e. The normalized spacial score (nSPS) is 19.3. The number of nitrogens with zero attached hydrogens (tertiary/aromatic N) is 1. The van der Waals surface area contributed by atoms with Gasteiger partial charge < -0.3 is 4.84 Å². The molecule has 1 heterocycles. The van der Waals surface area contributed by atoms with Crippen molar-refractivity contribution >= 4 is 9.84 Å². The predicted molar refractivity (Wildman–Crippen MR) is 84.4 cm³/mol. The molecule has 0 fully saturated rings. The third-order valence-corrected chi connectivity index (χ3v) is 5.68. The van der Waals surface area contributed by atoms with Crippen molar-refractivity contribution in [2.75, 3.05) is 7.05 Å². The van der Waals surface area contributed by atoms with E-state index in [1.807, 2.05) is 30.3 Å². The fourth-order valence-corrected chi connectivity index (χ4v) is 4.49. The highest BCUT2D eigenvalue weighted by Gasteiger charge is 2.40. The van der Waals surface area contributed by atoms with E-state index >= 15 is 0 Å². The first-order chi connectivity index (χ1) is 10.5. The predicted octanol–water partition coefficient (Wildman–Crippen LogP) is 3.31. The van der Waals surface area contributed by atoms with Gasteiger partial charge in [0, 0.05) is 7.05 Å². The molecule has 4 nitrogen and oxygen atoms in total. The molecule has 0 bridgehead atoms. The number of likely N-dealkylation sites (N-methyl/N-ethyl adjacent to an activating group) is 1. The zero-order valence-corrected chi connectivity index (χ0v) is 13.2. The number of rotatable bonds is 3. The van der Waals surface area contributed by atoms with Gasteiger partial charge in [-0.1, -0.05) is 48.5 Å². The molecule has 114 valence electrons. The topological polar surface area (TPSA) is 46.6 Å². The smallest absolute Gasteiger partial charge is 0.208 e. The number of hydrogen-bond acceptors (Lipinski definition) is 4. The van der Waals surface area contributed by atoms with Crippen LogP contribution in [0.25, 0.3) is 0 Å². The first-order valence-corrected chi connectivity index (χ1v) is 8.47. The fourth-order valence-electron chi connectivity index (χ4n) is 2.73. The Bertz CT molecular complexity index is 798. The minimum absolute atomic E-state index is 0.282. The molecule has 1 atom stereocenters. The molecule has 0 N–H and O–H groups in total. The van der Waals surface area contributed by atoms with Crippen molar-refractivity contribution in [3.05, 3.63) is 76.9 Å². The lowest BCUT2D eigenvalue weighted by atomic mass is 10.1. The maximum Gasteiger partial charge on any atom is 0.208 e. The van der Waals surface area contributed by atoms with Gasteiger partial charge in [0.05, 0.1) is 4.90 Å². The monoisotopic (exact) mass is 315 g/mol. The zero-order chi connectivity index (χ0) is 15.7. The maximum absolute atomic E-state index is 13.0. The number of hydrogen-bond donors (Lipinski definition) is 0. The van der Waals surface area contributed by atoms with Crippen LogP contribution in [0.15, 0.2) is 76.2 Å². The van der Waals surface area contributed by atoms with Crippen LogP contribution >= 0.6 is 0 Å². The van der Waals surface area contributed by atoms with Gasteiger partial charge in [0.2, 0.25) is 9.84 Å². The molecule has 1 aliphatic heterocycles. The van der Waals surface area contributed by atoms with Crippen molar-refractivity contribution in [1.29, 1.82) is 0 Å². The Balaban J connectivity index is 2.13. The van der Waals surface area contributed by atoms with Crippen molar-refractivity contribution in [2.45, 2.75) is 17.9 Å². The van der Waals surface area contributed by atoms with E-state index in [2.05, 4.69) is 0 Å². The van der Waals surface area contributed by atoms with Crippen molar-refractivity contribution in [3.8, 4) is 0 Å². The van der Waals surface area contributed by atoms with E-state index in [0.717, 1.165) is 5.56 Å². The Morgan fingerprint density at radius 3 is 2.09 bits per heavy atom. The van der Waals surface area contributed by atoms with E-state index in [4.69, 9.17) is 4.84 Å². The number of benzene rings is 2. The molecule has 3 rings (SSSR count). The van der Waals surface area contributed by atoms with Crippen LogP contribution < -0.4 is 0 Å². The Hall–Kier alpha value is -2.11. The summed E-state index contributed by atoms with van der Waals surface area (Å²) in [5.74, 6) is 0.417. The highest BCUT2D eigenvalue weighted by Crippen LogP contribution is 2.41. The second-order valence-corrected chi connectivity index (χ2v) is 7.11. The molecular weight excluding hydrogens is 298 g/mol. The number of sulfone groups is 1. The molecule has 5 heteroatoms. The third-order valence-electron chi connectivity index (χ3n) is 3.70. The maximum atomic E-state index is 13.0. The lowest BCUT2D eigenvalue weighted by molar-refractivity contribution is -0.0943. The Morgan fingerprint density at radius 1 is 0.955 bits per heavy atom. The van der Waals surface area contributed by atoms with Gasteiger partial charge in [-0.05, 0) is 24.6 Å². The van der Waals surface area contributed by atoms with Crippen LogP contribution in [0, 0.1) is 0 Å². The van der Waals surface area contributed by atoms with Crippen LogP contribution in [0.3, 0.4) is 0 Å². The summed E-state index contributed by atoms with van der Waals surface area (Å²) in [5.41, 5.74) is 0.886. The van der Waals surface area contributed by atoms with Gasteiger partial charge in [-0.3, -0.25) is 0 Å². The summed E-state index contributed by atoms with van der Waals surface area (Å²) in [6.45, 7) is 1.69. The Labute approximate surface area is 130 Å². The van der Waals surface area contributed by atoms with Gasteiger partial charge in [0.15, 0.2) is 0 Å². The molecule has 0 saturated heterocycles. The van der Waals surface area contributed by atoms with Crippen LogP contribution in [0.2, 0.25) is 0 Å². The average Bonchev–Trinajstić information content (AvgIpc) is 2.84. The highest BCUT2D eigenvalue weighted by atomic mass is 32.2. The molecule has 22 heavy (non-hydrogen) atoms. The molecule has 0 unspecified atom stereocenters. The first kappa shape index (κ1) is 14.8. The Kier molecular flexibility index (Phi) is 3.76. The van der Waals surface area contributed by atoms with Crippen molar-refractivity contribution in [1.82, 2.24) is 5.06 Å². The van der Waals surface area contributed by atoms with Gasteiger partial charge in [0.25, 0.3) is 0 Å². The fraction of sp³-hybridized carbons (Fsp3) is 0.176. The van der Waals surface area contributed by atoms with E-state index in [-0.39, 0.29) is 4.90 Å². The minimum atomic E-state index is -3.61. The van der Waals surface area contributed by atoms with Gasteiger partial charge in [0.1, 0.15) is 16.7 Å². The summed E-state index contributed by atoms with van der Waals surface area (Å²) >= 11 is 0. The summed E-state index contributed by atoms with van der Waals surface area (Å²) in [6.07, 6.45) is 0. The van der Waals surface area contributed by atoms with Crippen LogP contribution in [-0.4, -0.2) is 20.5 Å². The van der Waals surface area contributed by atoms with Gasteiger partial charge in [-0.25, -0.2) is 8.42 Å². The molecule has 0 aliphatic carbocycles. The van der Waals surface area contributed by atoms with E-state index < -0.39 is 15.9 Å². The van der Waals surface area contributed by atoms with Crippen LogP contribution in [0.1, 0.15) is 18.5 Å². The van der Waals surface area contributed by atoms with Gasteiger partial charge >= 0.3 is 0 Å². The zero-order valence-electron chi connectivity index (χ0n) is 12.4. The summed E-state index contributed by atoms with van der Waals surface area (Å²) in [4.78, 5) is 6.16. The van der Waals surface area contributed by atoms with E-state index in [1.165, 1.54) is 0 Å². The van der Waals surface area contributed by atoms with Crippen LogP contribution in [0.5, 0.6) is 0 Å². The second kappa shape index (κ2) is 5.59. The standard InChI is InChI=1S/C17H17NO3S/c1-13-17(22(19,20)15-11-7-4-8-12-15)16(18(2)21-13)14-9-5-3-6-10-14/h3-12,16H,1-2H3/t16-/m1/s1. The average molecular weight is 315 g/mol. The quantitative estimate of drug-likeness (QED) is 0.872. The first-order valence-electron chi connectivity index (χ1n) is 6.98. The SMILES string of the molecule is CC1=C(S(=O)(=O)c2ccccc2)[C@@H](c2ccccc2)N(C)O1. The second-order valence-electron chi connectivity index (χ2n) is 5.19. The van der Waals surface area contributed by atoms with E-state index in [1.54, 1.807) is 49.4 Å². The van der Waals surface area contributed by atoms with Crippen molar-refractivity contribution in [3.63, 3.8) is 0 Å². The third kappa shape index (κ3) is 2.42. The highest BCUT2D eigenvalue weighted by molar-refractivity contribution is 7.95. The molecule has 2 aromatic carbocycles. The summed E-state index contributed by atoms with van der Waals surface area (Å²) in [7, 11) is -1.86. The number of allylic oxidation sites excluding steroid dienone is 1. The van der Waals surface area contributed by atoms with E-state index in [0.29, 0.717) is 10.7 Å². The molecular formula is C17H17NO3S. The lowest BCUT2D eigenvalue weighted by Crippen LogP contribution is -2.22. The van der Waals surface area contributed by atoms with Crippen LogP contribution in [-0.2, 0) is 14.7 Å². The van der Waals surface area contributed by atoms with Crippen LogP contribution in [0.4, 0.5) is 0 Å². The molecule has 0 saturated carbocycles. The molecule has 0 amide bonds. The lowest BCUT2D eigenvalue weighted by Gasteiger charge is -2.20. The Morgan fingerprint density at radius 2 is 1.50 bits per heavy atom. The molecule has 0 aromatic heterocycles. The van der Waals surface area contributed by atoms with Gasteiger partial charge in [-0.15, -0.1) is 5.06 Å². The molecule has 2 aromatic rings. The summed E-state index contributed by atoms with van der Waals surface area (Å²) in [5, 5.41) is 1.58. The van der Waals surface area contributed by atoms with Gasteiger partial charge in [-0.2, -0.15) is 0 Å². The van der Waals surface area contributed by atoms with E-state index in [9.17, 15) is 8.42 Å². The molecule has 0 radical (unpaired) electrons. The molecule has 0 spiro atoms. The van der Waals surface area contributed by atoms with Crippen molar-refractivity contribution in [2.24, 2.45) is 0 Å². The largest absolute Gasteiger partial charge is 0.409 e. The summed E-state index contributed by atoms with van der Waals surface area (Å²) in [6, 6.07) is 17.5. The summed E-state index contributed by atoms with van der Waals surface area (Å²) < 4.78 is 26.0.